The molecule has 0 radical (unpaired) electrons. The predicted molar refractivity (Wildman–Crippen MR) is 149 cm³/mol. The van der Waals surface area contributed by atoms with Gasteiger partial charge in [-0.2, -0.15) is 4.31 Å². The van der Waals surface area contributed by atoms with E-state index in [2.05, 4.69) is 15.2 Å². The van der Waals surface area contributed by atoms with Gasteiger partial charge in [0.25, 0.3) is 5.56 Å². The lowest BCUT2D eigenvalue weighted by molar-refractivity contribution is -0.121. The number of sulfonamides is 1. The van der Waals surface area contributed by atoms with Crippen molar-refractivity contribution in [2.75, 3.05) is 31.1 Å². The molecule has 1 aliphatic carbocycles. The lowest BCUT2D eigenvalue weighted by Gasteiger charge is -2.36. The SMILES string of the molecule is O=C(Cn1cnc2ccc(N3CCN(S(=O)(=O)C4CCCC4)CC3)cc2c1=O)NCc1ccc(Cl)c(Cl)c1. The minimum Gasteiger partial charge on any atom is -0.369 e. The fraction of sp³-hybridized carbons (Fsp3) is 0.423. The summed E-state index contributed by atoms with van der Waals surface area (Å²) in [4.78, 5) is 32.2. The minimum atomic E-state index is -3.26. The van der Waals surface area contributed by atoms with Crippen molar-refractivity contribution in [2.45, 2.75) is 44.0 Å². The summed E-state index contributed by atoms with van der Waals surface area (Å²) in [6, 6.07) is 10.6. The number of aromatic nitrogens is 2. The fourth-order valence-electron chi connectivity index (χ4n) is 5.11. The third-order valence-corrected chi connectivity index (χ3v) is 10.4. The lowest BCUT2D eigenvalue weighted by atomic mass is 10.2. The summed E-state index contributed by atoms with van der Waals surface area (Å²) in [7, 11) is -3.26. The molecule has 1 N–H and O–H groups in total. The highest BCUT2D eigenvalue weighted by atomic mass is 35.5. The van der Waals surface area contributed by atoms with Gasteiger partial charge in [0.15, 0.2) is 0 Å². The Hall–Kier alpha value is -2.66. The number of nitrogens with one attached hydrogen (secondary N) is 1. The molecule has 38 heavy (non-hydrogen) atoms. The van der Waals surface area contributed by atoms with Crippen molar-refractivity contribution in [1.82, 2.24) is 19.2 Å². The highest BCUT2D eigenvalue weighted by molar-refractivity contribution is 7.89. The maximum absolute atomic E-state index is 13.2. The van der Waals surface area contributed by atoms with Crippen LogP contribution >= 0.6 is 23.2 Å². The molecule has 1 saturated heterocycles. The van der Waals surface area contributed by atoms with Crippen molar-refractivity contribution in [3.05, 3.63) is 68.7 Å². The first-order valence-electron chi connectivity index (χ1n) is 12.7. The van der Waals surface area contributed by atoms with Gasteiger partial charge in [-0.25, -0.2) is 13.4 Å². The Kier molecular flexibility index (Phi) is 7.95. The highest BCUT2D eigenvalue weighted by Crippen LogP contribution is 2.29. The van der Waals surface area contributed by atoms with E-state index in [1.165, 1.54) is 10.9 Å². The van der Waals surface area contributed by atoms with Gasteiger partial charge in [-0.15, -0.1) is 0 Å². The second-order valence-corrected chi connectivity index (χ2v) is 12.8. The Labute approximate surface area is 231 Å². The van der Waals surface area contributed by atoms with Crippen LogP contribution in [0.4, 0.5) is 5.69 Å². The van der Waals surface area contributed by atoms with Crippen LogP contribution in [0.3, 0.4) is 0 Å². The normalized spacial score (nSPS) is 17.3. The van der Waals surface area contributed by atoms with Gasteiger partial charge in [0.2, 0.25) is 15.9 Å². The standard InChI is InChI=1S/C26H29Cl2N5O4S/c27-22-7-5-18(13-23(22)28)15-29-25(34)16-32-17-30-24-8-6-19(14-21(24)26(32)35)31-9-11-33(12-10-31)38(36,37)20-3-1-2-4-20/h5-8,13-14,17,20H,1-4,9-12,15-16H2,(H,29,34). The van der Waals surface area contributed by atoms with Gasteiger partial charge in [0.1, 0.15) is 6.54 Å². The van der Waals surface area contributed by atoms with Crippen LogP contribution in [0, 0.1) is 0 Å². The largest absolute Gasteiger partial charge is 0.369 e. The van der Waals surface area contributed by atoms with Crippen LogP contribution in [0.15, 0.2) is 47.5 Å². The fourth-order valence-corrected chi connectivity index (χ4v) is 7.46. The smallest absolute Gasteiger partial charge is 0.261 e. The number of carbonyl (C=O) groups is 1. The molecule has 12 heteroatoms. The molecule has 5 rings (SSSR count). The molecule has 1 aliphatic heterocycles. The molecule has 2 heterocycles. The molecule has 1 saturated carbocycles. The van der Waals surface area contributed by atoms with E-state index in [9.17, 15) is 18.0 Å². The number of nitrogens with zero attached hydrogens (tertiary/aromatic N) is 4. The van der Waals surface area contributed by atoms with Crippen LogP contribution in [0.1, 0.15) is 31.2 Å². The number of rotatable bonds is 7. The van der Waals surface area contributed by atoms with E-state index in [0.717, 1.165) is 36.9 Å². The second kappa shape index (κ2) is 11.2. The predicted octanol–water partition coefficient (Wildman–Crippen LogP) is 3.41. The third kappa shape index (κ3) is 5.68. The van der Waals surface area contributed by atoms with Gasteiger partial charge in [-0.05, 0) is 48.7 Å². The highest BCUT2D eigenvalue weighted by Gasteiger charge is 2.35. The van der Waals surface area contributed by atoms with Crippen LogP contribution < -0.4 is 15.8 Å². The number of halogens is 2. The third-order valence-electron chi connectivity index (χ3n) is 7.28. The monoisotopic (exact) mass is 577 g/mol. The Morgan fingerprint density at radius 3 is 2.45 bits per heavy atom. The number of anilines is 1. The van der Waals surface area contributed by atoms with E-state index in [4.69, 9.17) is 23.2 Å². The quantitative estimate of drug-likeness (QED) is 0.461. The van der Waals surface area contributed by atoms with Crippen molar-refractivity contribution in [3.8, 4) is 0 Å². The van der Waals surface area contributed by atoms with Crippen molar-refractivity contribution < 1.29 is 13.2 Å². The zero-order valence-electron chi connectivity index (χ0n) is 20.8. The number of hydrogen-bond acceptors (Lipinski definition) is 6. The molecule has 0 bridgehead atoms. The molecule has 2 aromatic carbocycles. The van der Waals surface area contributed by atoms with E-state index >= 15 is 0 Å². The van der Waals surface area contributed by atoms with Gasteiger partial charge in [0.05, 0.1) is 32.5 Å². The summed E-state index contributed by atoms with van der Waals surface area (Å²) >= 11 is 12.0. The van der Waals surface area contributed by atoms with Crippen LogP contribution in [0.5, 0.6) is 0 Å². The summed E-state index contributed by atoms with van der Waals surface area (Å²) in [5, 5.41) is 3.77. The Balaban J connectivity index is 1.25. The van der Waals surface area contributed by atoms with Crippen molar-refractivity contribution >= 4 is 55.7 Å². The minimum absolute atomic E-state index is 0.176. The van der Waals surface area contributed by atoms with Crippen LogP contribution in [-0.2, 0) is 27.9 Å². The van der Waals surface area contributed by atoms with Gasteiger partial charge >= 0.3 is 0 Å². The number of benzene rings is 2. The van der Waals surface area contributed by atoms with Crippen LogP contribution in [0.25, 0.3) is 10.9 Å². The summed E-state index contributed by atoms with van der Waals surface area (Å²) < 4.78 is 28.8. The van der Waals surface area contributed by atoms with E-state index < -0.39 is 10.0 Å². The number of hydrogen-bond donors (Lipinski definition) is 1. The molecule has 3 aromatic rings. The number of piperazine rings is 1. The summed E-state index contributed by atoms with van der Waals surface area (Å²) in [6.07, 6.45) is 4.83. The molecule has 1 amide bonds. The summed E-state index contributed by atoms with van der Waals surface area (Å²) in [6.45, 7) is 2.01. The van der Waals surface area contributed by atoms with Crippen molar-refractivity contribution in [2.24, 2.45) is 0 Å². The average Bonchev–Trinajstić information content (AvgIpc) is 3.47. The molecular formula is C26H29Cl2N5O4S. The summed E-state index contributed by atoms with van der Waals surface area (Å²) in [5.74, 6) is -0.338. The summed E-state index contributed by atoms with van der Waals surface area (Å²) in [5.41, 5.74) is 1.84. The molecule has 0 spiro atoms. The lowest BCUT2D eigenvalue weighted by Crippen LogP contribution is -2.50. The zero-order chi connectivity index (χ0) is 26.9. The molecule has 9 nitrogen and oxygen atoms in total. The van der Waals surface area contributed by atoms with Crippen molar-refractivity contribution in [1.29, 1.82) is 0 Å². The maximum atomic E-state index is 13.2. The number of amides is 1. The maximum Gasteiger partial charge on any atom is 0.261 e. The topological polar surface area (TPSA) is 105 Å². The van der Waals surface area contributed by atoms with Crippen LogP contribution in [0.2, 0.25) is 10.0 Å². The molecule has 2 fully saturated rings. The first-order valence-corrected chi connectivity index (χ1v) is 14.9. The van der Waals surface area contributed by atoms with Gasteiger partial charge < -0.3 is 10.2 Å². The van der Waals surface area contributed by atoms with Gasteiger partial charge in [-0.1, -0.05) is 42.1 Å². The van der Waals surface area contributed by atoms with Gasteiger partial charge in [0, 0.05) is 38.4 Å². The molecule has 0 atom stereocenters. The average molecular weight is 579 g/mol. The molecular weight excluding hydrogens is 549 g/mol. The molecule has 1 aromatic heterocycles. The number of fused-ring (bicyclic) bond motifs is 1. The van der Waals surface area contributed by atoms with E-state index in [0.29, 0.717) is 47.1 Å². The van der Waals surface area contributed by atoms with Crippen molar-refractivity contribution in [3.63, 3.8) is 0 Å². The van der Waals surface area contributed by atoms with E-state index in [-0.39, 0.29) is 29.8 Å². The molecule has 2 aliphatic rings. The first-order chi connectivity index (χ1) is 18.2. The second-order valence-electron chi connectivity index (χ2n) is 9.74. The molecule has 202 valence electrons. The van der Waals surface area contributed by atoms with Crippen LogP contribution in [-0.4, -0.2) is 59.6 Å². The van der Waals surface area contributed by atoms with E-state index in [1.807, 2.05) is 6.07 Å². The Morgan fingerprint density at radius 2 is 1.74 bits per heavy atom. The van der Waals surface area contributed by atoms with E-state index in [1.54, 1.807) is 34.6 Å². The Morgan fingerprint density at radius 1 is 1.00 bits per heavy atom. The first kappa shape index (κ1) is 26.9. The Bertz CT molecular complexity index is 1510. The zero-order valence-corrected chi connectivity index (χ0v) is 23.1. The van der Waals surface area contributed by atoms with Gasteiger partial charge in [-0.3, -0.25) is 14.2 Å². The molecule has 0 unspecified atom stereocenters. The number of carbonyl (C=O) groups excluding carboxylic acids is 1.